The van der Waals surface area contributed by atoms with Crippen molar-refractivity contribution < 1.29 is 9.59 Å². The summed E-state index contributed by atoms with van der Waals surface area (Å²) in [5.74, 6) is -0.164. The number of likely N-dealkylation sites (tertiary alicyclic amines) is 1. The lowest BCUT2D eigenvalue weighted by atomic mass is 9.91. The van der Waals surface area contributed by atoms with Crippen LogP contribution >= 0.6 is 22.9 Å². The highest BCUT2D eigenvalue weighted by atomic mass is 35.5. The first kappa shape index (κ1) is 23.6. The fourth-order valence-corrected chi connectivity index (χ4v) is 8.53. The lowest BCUT2D eigenvalue weighted by molar-refractivity contribution is -0.138. The Kier molecular flexibility index (Phi) is 5.79. The molecule has 0 bridgehead atoms. The minimum Gasteiger partial charge on any atom is -0.368 e. The zero-order chi connectivity index (χ0) is 25.1. The van der Waals surface area contributed by atoms with Gasteiger partial charge >= 0.3 is 0 Å². The number of imide groups is 1. The summed E-state index contributed by atoms with van der Waals surface area (Å²) in [6, 6.07) is 8.95. The molecule has 3 aliphatic heterocycles. The van der Waals surface area contributed by atoms with Crippen molar-refractivity contribution in [2.24, 2.45) is 0 Å². The number of halogens is 1. The van der Waals surface area contributed by atoms with Gasteiger partial charge < -0.3 is 10.2 Å². The molecule has 7 rings (SSSR count). The molecule has 1 aliphatic carbocycles. The second-order valence-electron chi connectivity index (χ2n) is 11.1. The van der Waals surface area contributed by atoms with Crippen LogP contribution in [0.25, 0.3) is 21.3 Å². The van der Waals surface area contributed by atoms with Gasteiger partial charge in [0.2, 0.25) is 11.8 Å². The molecule has 192 valence electrons. The van der Waals surface area contributed by atoms with Gasteiger partial charge in [0.25, 0.3) is 0 Å². The third-order valence-electron chi connectivity index (χ3n) is 8.86. The van der Waals surface area contributed by atoms with E-state index in [9.17, 15) is 9.59 Å². The summed E-state index contributed by atoms with van der Waals surface area (Å²) >= 11 is 8.35. The number of anilines is 1. The Morgan fingerprint density at radius 2 is 1.95 bits per heavy atom. The van der Waals surface area contributed by atoms with Crippen LogP contribution in [0.3, 0.4) is 0 Å². The van der Waals surface area contributed by atoms with Crippen LogP contribution in [-0.4, -0.2) is 46.4 Å². The number of amides is 2. The number of pyridine rings is 1. The van der Waals surface area contributed by atoms with Gasteiger partial charge in [0.1, 0.15) is 0 Å². The number of nitrogens with zero attached hydrogens (tertiary/aromatic N) is 3. The molecule has 1 saturated carbocycles. The van der Waals surface area contributed by atoms with E-state index in [1.807, 2.05) is 12.3 Å². The number of carbonyl (C=O) groups is 2. The molecular weight excluding hydrogens is 504 g/mol. The van der Waals surface area contributed by atoms with E-state index in [2.05, 4.69) is 33.4 Å². The van der Waals surface area contributed by atoms with Crippen molar-refractivity contribution in [3.63, 3.8) is 0 Å². The van der Waals surface area contributed by atoms with Crippen LogP contribution in [0.5, 0.6) is 0 Å². The Hall–Kier alpha value is -2.48. The van der Waals surface area contributed by atoms with E-state index in [-0.39, 0.29) is 11.8 Å². The highest BCUT2D eigenvalue weighted by Crippen LogP contribution is 2.47. The standard InChI is InChI=1S/C29H31ClN4O2S/c30-19-13-18-3-1-12-33(20-6-9-29(16-20)8-2-10-32-29)27(18)23(14-19)22-7-11-31-24-15-21(37-28(22)24)17-34-25(35)4-5-26(34)36/h7,11,13-15,20,32H,1-6,8-10,12,16-17H2/t20-,29+/m0/s1. The van der Waals surface area contributed by atoms with Crippen LogP contribution in [0.15, 0.2) is 30.5 Å². The lowest BCUT2D eigenvalue weighted by Gasteiger charge is -2.39. The first-order valence-corrected chi connectivity index (χ1v) is 14.7. The molecule has 3 fully saturated rings. The number of rotatable bonds is 4. The van der Waals surface area contributed by atoms with Crippen molar-refractivity contribution in [3.05, 3.63) is 45.9 Å². The van der Waals surface area contributed by atoms with Gasteiger partial charge in [0, 0.05) is 63.9 Å². The van der Waals surface area contributed by atoms with E-state index >= 15 is 0 Å². The maximum absolute atomic E-state index is 12.2. The van der Waals surface area contributed by atoms with Crippen LogP contribution < -0.4 is 10.2 Å². The van der Waals surface area contributed by atoms with Crippen molar-refractivity contribution in [2.45, 2.75) is 75.9 Å². The molecule has 1 spiro atoms. The smallest absolute Gasteiger partial charge is 0.230 e. The fraction of sp³-hybridized carbons (Fsp3) is 0.483. The number of thiophene rings is 1. The topological polar surface area (TPSA) is 65.5 Å². The fourth-order valence-electron chi connectivity index (χ4n) is 7.16. The number of benzene rings is 1. The second kappa shape index (κ2) is 9.07. The van der Waals surface area contributed by atoms with Crippen LogP contribution in [0.2, 0.25) is 5.02 Å². The molecule has 1 aromatic carbocycles. The summed E-state index contributed by atoms with van der Waals surface area (Å²) in [6.07, 6.45) is 11.0. The number of hydrogen-bond acceptors (Lipinski definition) is 6. The summed E-state index contributed by atoms with van der Waals surface area (Å²) in [6.45, 7) is 2.55. The zero-order valence-electron chi connectivity index (χ0n) is 20.9. The van der Waals surface area contributed by atoms with Crippen LogP contribution in [0.1, 0.15) is 61.8 Å². The largest absolute Gasteiger partial charge is 0.368 e. The third kappa shape index (κ3) is 4.06. The Bertz CT molecular complexity index is 1400. The Balaban J connectivity index is 1.29. The Labute approximate surface area is 226 Å². The number of aryl methyl sites for hydroxylation is 1. The molecule has 2 amide bonds. The quantitative estimate of drug-likeness (QED) is 0.435. The summed E-state index contributed by atoms with van der Waals surface area (Å²) in [5, 5.41) is 4.61. The van der Waals surface area contributed by atoms with Crippen molar-refractivity contribution in [1.29, 1.82) is 0 Å². The van der Waals surface area contributed by atoms with Gasteiger partial charge in [-0.1, -0.05) is 11.6 Å². The normalized spacial score (nSPS) is 25.7. The summed E-state index contributed by atoms with van der Waals surface area (Å²) in [5.41, 5.74) is 6.22. The first-order valence-electron chi connectivity index (χ1n) is 13.5. The van der Waals surface area contributed by atoms with Gasteiger partial charge in [-0.2, -0.15) is 0 Å². The summed E-state index contributed by atoms with van der Waals surface area (Å²) < 4.78 is 1.09. The molecule has 0 radical (unpaired) electrons. The Morgan fingerprint density at radius 3 is 2.76 bits per heavy atom. The second-order valence-corrected chi connectivity index (χ2v) is 12.7. The number of hydrogen-bond donors (Lipinski definition) is 1. The van der Waals surface area contributed by atoms with Gasteiger partial charge in [-0.05, 0) is 81.3 Å². The van der Waals surface area contributed by atoms with Gasteiger partial charge in [-0.3, -0.25) is 19.5 Å². The lowest BCUT2D eigenvalue weighted by Crippen LogP contribution is -2.42. The van der Waals surface area contributed by atoms with Crippen LogP contribution in [0.4, 0.5) is 5.69 Å². The molecule has 4 aliphatic rings. The molecule has 0 unspecified atom stereocenters. The molecule has 5 heterocycles. The molecule has 2 saturated heterocycles. The molecule has 2 atom stereocenters. The summed E-state index contributed by atoms with van der Waals surface area (Å²) in [4.78, 5) is 34.1. The SMILES string of the molecule is O=C1CCC(=O)N1Cc1cc2nccc(-c3cc(Cl)cc4c3N([C@H]3CC[C@]5(CCCN5)C3)CCC4)c2s1. The number of nitrogens with one attached hydrogen (secondary N) is 1. The molecule has 6 nitrogen and oxygen atoms in total. The molecule has 1 N–H and O–H groups in total. The zero-order valence-corrected chi connectivity index (χ0v) is 22.5. The van der Waals surface area contributed by atoms with Gasteiger partial charge in [0.15, 0.2) is 0 Å². The van der Waals surface area contributed by atoms with Crippen molar-refractivity contribution >= 4 is 50.7 Å². The van der Waals surface area contributed by atoms with Crippen molar-refractivity contribution in [1.82, 2.24) is 15.2 Å². The van der Waals surface area contributed by atoms with E-state index < -0.39 is 0 Å². The summed E-state index contributed by atoms with van der Waals surface area (Å²) in [7, 11) is 0. The highest BCUT2D eigenvalue weighted by molar-refractivity contribution is 7.19. The molecular formula is C29H31ClN4O2S. The van der Waals surface area contributed by atoms with E-state index in [0.29, 0.717) is 31.0 Å². The molecule has 2 aromatic heterocycles. The predicted molar refractivity (Wildman–Crippen MR) is 148 cm³/mol. The number of carbonyl (C=O) groups excluding carboxylic acids is 2. The van der Waals surface area contributed by atoms with E-state index in [0.717, 1.165) is 51.6 Å². The van der Waals surface area contributed by atoms with Gasteiger partial charge in [0.05, 0.1) is 16.8 Å². The van der Waals surface area contributed by atoms with Gasteiger partial charge in [-0.15, -0.1) is 11.3 Å². The van der Waals surface area contributed by atoms with Crippen molar-refractivity contribution in [3.8, 4) is 11.1 Å². The minimum absolute atomic E-state index is 0.0821. The average Bonchev–Trinajstić information content (AvgIpc) is 3.69. The van der Waals surface area contributed by atoms with E-state index in [4.69, 9.17) is 11.6 Å². The maximum Gasteiger partial charge on any atom is 0.230 e. The number of fused-ring (bicyclic) bond motifs is 2. The van der Waals surface area contributed by atoms with Crippen LogP contribution in [0, 0.1) is 0 Å². The molecule has 8 heteroatoms. The van der Waals surface area contributed by atoms with Crippen molar-refractivity contribution in [2.75, 3.05) is 18.0 Å². The Morgan fingerprint density at radius 1 is 1.08 bits per heavy atom. The van der Waals surface area contributed by atoms with E-state index in [1.54, 1.807) is 11.3 Å². The van der Waals surface area contributed by atoms with Gasteiger partial charge in [-0.25, -0.2) is 0 Å². The molecule has 3 aromatic rings. The molecule has 37 heavy (non-hydrogen) atoms. The van der Waals surface area contributed by atoms with E-state index in [1.165, 1.54) is 53.8 Å². The predicted octanol–water partition coefficient (Wildman–Crippen LogP) is 5.69. The third-order valence-corrected chi connectivity index (χ3v) is 10.2. The van der Waals surface area contributed by atoms with Crippen LogP contribution in [-0.2, 0) is 22.6 Å². The maximum atomic E-state index is 12.2. The highest BCUT2D eigenvalue weighted by Gasteiger charge is 2.44. The average molecular weight is 535 g/mol. The monoisotopic (exact) mass is 534 g/mol. The number of aromatic nitrogens is 1. The minimum atomic E-state index is -0.0821. The first-order chi connectivity index (χ1) is 18.0.